The molecular weight excluding hydrogens is 314 g/mol. The fraction of sp³-hybridized carbons (Fsp3) is 0.353. The first kappa shape index (κ1) is 17.5. The number of rotatable bonds is 6. The van der Waals surface area contributed by atoms with Crippen LogP contribution in [0.1, 0.15) is 30.9 Å². The van der Waals surface area contributed by atoms with Crippen LogP contribution in [-0.4, -0.2) is 28.1 Å². The summed E-state index contributed by atoms with van der Waals surface area (Å²) in [7, 11) is 0. The Kier molecular flexibility index (Phi) is 5.23. The summed E-state index contributed by atoms with van der Waals surface area (Å²) in [6, 6.07) is 3.26. The number of benzene rings is 1. The van der Waals surface area contributed by atoms with Crippen molar-refractivity contribution in [2.45, 2.75) is 39.2 Å². The van der Waals surface area contributed by atoms with Crippen molar-refractivity contribution in [2.24, 2.45) is 0 Å². The minimum atomic E-state index is -1.09. The van der Waals surface area contributed by atoms with Crippen LogP contribution in [0.15, 0.2) is 27.4 Å². The summed E-state index contributed by atoms with van der Waals surface area (Å²) in [6.07, 6.45) is 0.791. The lowest BCUT2D eigenvalue weighted by Crippen LogP contribution is -2.41. The molecule has 7 nitrogen and oxygen atoms in total. The first-order valence-electron chi connectivity index (χ1n) is 7.61. The van der Waals surface area contributed by atoms with Gasteiger partial charge in [-0.2, -0.15) is 0 Å². The third-order valence-electron chi connectivity index (χ3n) is 3.78. The zero-order valence-corrected chi connectivity index (χ0v) is 13.5. The summed E-state index contributed by atoms with van der Waals surface area (Å²) in [5.41, 5.74) is 0.403. The largest absolute Gasteiger partial charge is 0.508 e. The summed E-state index contributed by atoms with van der Waals surface area (Å²) in [4.78, 5) is 35.0. The van der Waals surface area contributed by atoms with Crippen LogP contribution in [0.3, 0.4) is 0 Å². The molecular formula is C17H19NO6. The molecule has 0 radical (unpaired) electrons. The Hall–Kier alpha value is -2.83. The molecule has 0 bridgehead atoms. The number of fused-ring (bicyclic) bond motifs is 1. The van der Waals surface area contributed by atoms with E-state index in [4.69, 9.17) is 9.52 Å². The number of carbonyl (C=O) groups excluding carboxylic acids is 1. The van der Waals surface area contributed by atoms with Crippen LogP contribution in [0, 0.1) is 6.92 Å². The second-order valence-corrected chi connectivity index (χ2v) is 5.60. The van der Waals surface area contributed by atoms with E-state index in [1.807, 2.05) is 6.92 Å². The van der Waals surface area contributed by atoms with Crippen LogP contribution in [0.25, 0.3) is 11.0 Å². The Morgan fingerprint density at radius 2 is 2.04 bits per heavy atom. The fourth-order valence-electron chi connectivity index (χ4n) is 2.53. The Labute approximate surface area is 137 Å². The molecule has 1 aromatic heterocycles. The molecule has 2 aromatic rings. The van der Waals surface area contributed by atoms with Crippen LogP contribution in [0.5, 0.6) is 5.75 Å². The van der Waals surface area contributed by atoms with E-state index in [-0.39, 0.29) is 17.8 Å². The number of hydrogen-bond donors (Lipinski definition) is 3. The quantitative estimate of drug-likeness (QED) is 0.693. The van der Waals surface area contributed by atoms with Crippen molar-refractivity contribution < 1.29 is 24.2 Å². The number of phenols is 1. The van der Waals surface area contributed by atoms with Crippen molar-refractivity contribution in [1.29, 1.82) is 0 Å². The molecule has 1 amide bonds. The Morgan fingerprint density at radius 3 is 2.67 bits per heavy atom. The Bertz CT molecular complexity index is 839. The van der Waals surface area contributed by atoms with Crippen molar-refractivity contribution in [2.75, 3.05) is 0 Å². The van der Waals surface area contributed by atoms with Crippen molar-refractivity contribution in [3.63, 3.8) is 0 Å². The molecule has 1 atom stereocenters. The normalized spacial score (nSPS) is 12.1. The third-order valence-corrected chi connectivity index (χ3v) is 3.78. The maximum absolute atomic E-state index is 12.2. The van der Waals surface area contributed by atoms with Gasteiger partial charge in [-0.25, -0.2) is 9.59 Å². The van der Waals surface area contributed by atoms with Gasteiger partial charge in [0.05, 0.1) is 6.42 Å². The molecule has 0 unspecified atom stereocenters. The van der Waals surface area contributed by atoms with E-state index in [1.54, 1.807) is 13.0 Å². The van der Waals surface area contributed by atoms with Crippen molar-refractivity contribution in [3.8, 4) is 5.75 Å². The number of carbonyl (C=O) groups is 2. The molecule has 3 N–H and O–H groups in total. The summed E-state index contributed by atoms with van der Waals surface area (Å²) >= 11 is 0. The SMILES string of the molecule is CCC[C@@H](NC(=O)Cc1cc(=O)oc2c(C)c(O)ccc12)C(=O)O. The van der Waals surface area contributed by atoms with Gasteiger partial charge in [0.1, 0.15) is 17.4 Å². The smallest absolute Gasteiger partial charge is 0.336 e. The highest BCUT2D eigenvalue weighted by Crippen LogP contribution is 2.27. The number of nitrogens with one attached hydrogen (secondary N) is 1. The van der Waals surface area contributed by atoms with E-state index in [2.05, 4.69) is 5.32 Å². The molecule has 0 aliphatic carbocycles. The minimum Gasteiger partial charge on any atom is -0.508 e. The molecule has 0 spiro atoms. The van der Waals surface area contributed by atoms with E-state index < -0.39 is 23.5 Å². The summed E-state index contributed by atoms with van der Waals surface area (Å²) in [6.45, 7) is 3.43. The van der Waals surface area contributed by atoms with E-state index in [0.717, 1.165) is 0 Å². The lowest BCUT2D eigenvalue weighted by atomic mass is 10.0. The molecule has 0 aliphatic rings. The highest BCUT2D eigenvalue weighted by molar-refractivity contribution is 5.91. The molecule has 128 valence electrons. The standard InChI is InChI=1S/C17H19NO6/c1-3-4-12(17(22)23)18-14(20)7-10-8-15(21)24-16-9(2)13(19)6-5-11(10)16/h5-6,8,12,19H,3-4,7H2,1-2H3,(H,18,20)(H,22,23)/t12-/m1/s1. The zero-order chi connectivity index (χ0) is 17.9. The summed E-state index contributed by atoms with van der Waals surface area (Å²) < 4.78 is 5.11. The fourth-order valence-corrected chi connectivity index (χ4v) is 2.53. The lowest BCUT2D eigenvalue weighted by Gasteiger charge is -2.14. The molecule has 7 heteroatoms. The molecule has 24 heavy (non-hydrogen) atoms. The van der Waals surface area contributed by atoms with E-state index >= 15 is 0 Å². The topological polar surface area (TPSA) is 117 Å². The van der Waals surface area contributed by atoms with Crippen LogP contribution < -0.4 is 10.9 Å². The number of carboxylic acid groups (broad SMARTS) is 1. The van der Waals surface area contributed by atoms with Crippen molar-refractivity contribution in [1.82, 2.24) is 5.32 Å². The van der Waals surface area contributed by atoms with Gasteiger partial charge >= 0.3 is 11.6 Å². The first-order chi connectivity index (χ1) is 11.3. The van der Waals surface area contributed by atoms with Gasteiger partial charge in [0.2, 0.25) is 5.91 Å². The second-order valence-electron chi connectivity index (χ2n) is 5.60. The lowest BCUT2D eigenvalue weighted by molar-refractivity contribution is -0.141. The number of carboxylic acids is 1. The number of aryl methyl sites for hydroxylation is 1. The van der Waals surface area contributed by atoms with Gasteiger partial charge in [-0.3, -0.25) is 4.79 Å². The second kappa shape index (κ2) is 7.16. The number of phenolic OH excluding ortho intramolecular Hbond substituents is 1. The van der Waals surface area contributed by atoms with Crippen LogP contribution in [-0.2, 0) is 16.0 Å². The maximum Gasteiger partial charge on any atom is 0.336 e. The van der Waals surface area contributed by atoms with Crippen LogP contribution in [0.2, 0.25) is 0 Å². The predicted molar refractivity (Wildman–Crippen MR) is 87.1 cm³/mol. The van der Waals surface area contributed by atoms with E-state index in [1.165, 1.54) is 12.1 Å². The number of hydrogen-bond acceptors (Lipinski definition) is 5. The van der Waals surface area contributed by atoms with Gasteiger partial charge in [-0.1, -0.05) is 13.3 Å². The van der Waals surface area contributed by atoms with Crippen molar-refractivity contribution >= 4 is 22.8 Å². The average molecular weight is 333 g/mol. The number of aromatic hydroxyl groups is 1. The highest BCUT2D eigenvalue weighted by atomic mass is 16.4. The Balaban J connectivity index is 2.33. The van der Waals surface area contributed by atoms with Gasteiger partial charge in [-0.15, -0.1) is 0 Å². The van der Waals surface area contributed by atoms with Crippen LogP contribution in [0.4, 0.5) is 0 Å². The molecule has 1 aromatic carbocycles. The third kappa shape index (κ3) is 3.73. The summed E-state index contributed by atoms with van der Waals surface area (Å²) in [5, 5.41) is 21.8. The van der Waals surface area contributed by atoms with Crippen LogP contribution >= 0.6 is 0 Å². The molecule has 0 saturated heterocycles. The average Bonchev–Trinajstić information content (AvgIpc) is 2.50. The molecule has 0 aliphatic heterocycles. The number of aliphatic carboxylic acids is 1. The molecule has 0 saturated carbocycles. The first-order valence-corrected chi connectivity index (χ1v) is 7.61. The number of amides is 1. The van der Waals surface area contributed by atoms with Gasteiger partial charge in [-0.05, 0) is 31.0 Å². The van der Waals surface area contributed by atoms with Crippen molar-refractivity contribution in [3.05, 3.63) is 39.7 Å². The molecule has 1 heterocycles. The van der Waals surface area contributed by atoms with Gasteiger partial charge in [0.25, 0.3) is 0 Å². The van der Waals surface area contributed by atoms with E-state index in [9.17, 15) is 19.5 Å². The van der Waals surface area contributed by atoms with Gasteiger partial charge in [0.15, 0.2) is 0 Å². The predicted octanol–water partition coefficient (Wildman–Crippen LogP) is 1.72. The zero-order valence-electron chi connectivity index (χ0n) is 13.5. The molecule has 0 fully saturated rings. The molecule has 2 rings (SSSR count). The van der Waals surface area contributed by atoms with Gasteiger partial charge in [0, 0.05) is 17.0 Å². The van der Waals surface area contributed by atoms with Gasteiger partial charge < -0.3 is 19.9 Å². The van der Waals surface area contributed by atoms with E-state index in [0.29, 0.717) is 29.4 Å². The maximum atomic E-state index is 12.2. The monoisotopic (exact) mass is 333 g/mol. The minimum absolute atomic E-state index is 0.0128. The highest BCUT2D eigenvalue weighted by Gasteiger charge is 2.20. The Morgan fingerprint density at radius 1 is 1.33 bits per heavy atom. The summed E-state index contributed by atoms with van der Waals surface area (Å²) in [5.74, 6) is -1.60.